The van der Waals surface area contributed by atoms with E-state index in [0.717, 1.165) is 13.0 Å². The fourth-order valence-corrected chi connectivity index (χ4v) is 3.28. The molecule has 1 N–H and O–H groups in total. The lowest BCUT2D eigenvalue weighted by Gasteiger charge is -2.16. The topological polar surface area (TPSA) is 12.0 Å². The predicted octanol–water partition coefficient (Wildman–Crippen LogP) is 4.39. The molecule has 0 radical (unpaired) electrons. The number of aryl methyl sites for hydroxylation is 3. The van der Waals surface area contributed by atoms with Crippen molar-refractivity contribution in [2.24, 2.45) is 0 Å². The Labute approximate surface area is 120 Å². The van der Waals surface area contributed by atoms with Crippen LogP contribution in [0.15, 0.2) is 29.0 Å². The molecule has 2 rings (SSSR count). The van der Waals surface area contributed by atoms with Gasteiger partial charge in [0, 0.05) is 12.6 Å². The maximum atomic E-state index is 3.64. The summed E-state index contributed by atoms with van der Waals surface area (Å²) in [4.78, 5) is 0. The fourth-order valence-electron chi connectivity index (χ4n) is 2.60. The van der Waals surface area contributed by atoms with E-state index in [1.165, 1.54) is 27.8 Å². The van der Waals surface area contributed by atoms with Gasteiger partial charge in [0.15, 0.2) is 0 Å². The van der Waals surface area contributed by atoms with Crippen LogP contribution in [0.1, 0.15) is 34.7 Å². The van der Waals surface area contributed by atoms with Gasteiger partial charge in [-0.1, -0.05) is 17.7 Å². The summed E-state index contributed by atoms with van der Waals surface area (Å²) >= 11 is 1.77. The maximum absolute atomic E-state index is 3.64. The molecular weight excluding hydrogens is 250 g/mol. The van der Waals surface area contributed by atoms with Crippen molar-refractivity contribution in [3.8, 4) is 0 Å². The molecule has 2 heteroatoms. The van der Waals surface area contributed by atoms with Gasteiger partial charge in [-0.3, -0.25) is 0 Å². The summed E-state index contributed by atoms with van der Waals surface area (Å²) in [6, 6.07) is 7.27. The standard InChI is InChI=1S/C17H23NS/c1-12-7-13(2)17(14(3)8-12)10-18-15(4)9-16-5-6-19-11-16/h5-8,11,15,18H,9-10H2,1-4H3. The van der Waals surface area contributed by atoms with Gasteiger partial charge >= 0.3 is 0 Å². The molecular formula is C17H23NS. The normalized spacial score (nSPS) is 12.6. The minimum absolute atomic E-state index is 0.509. The summed E-state index contributed by atoms with van der Waals surface area (Å²) in [6.07, 6.45) is 1.10. The lowest BCUT2D eigenvalue weighted by atomic mass is 9.99. The second kappa shape index (κ2) is 6.36. The Balaban J connectivity index is 1.95. The highest BCUT2D eigenvalue weighted by atomic mass is 32.1. The SMILES string of the molecule is Cc1cc(C)c(CNC(C)Cc2ccsc2)c(C)c1. The molecule has 1 unspecified atom stereocenters. The Hall–Kier alpha value is -1.12. The number of hydrogen-bond donors (Lipinski definition) is 1. The first-order valence-electron chi connectivity index (χ1n) is 6.87. The molecule has 0 aliphatic rings. The molecule has 0 spiro atoms. The van der Waals surface area contributed by atoms with Gasteiger partial charge in [-0.2, -0.15) is 11.3 Å². The van der Waals surface area contributed by atoms with Crippen LogP contribution in [0, 0.1) is 20.8 Å². The highest BCUT2D eigenvalue weighted by Crippen LogP contribution is 2.16. The smallest absolute Gasteiger partial charge is 0.0213 e. The van der Waals surface area contributed by atoms with Gasteiger partial charge in [0.25, 0.3) is 0 Å². The summed E-state index contributed by atoms with van der Waals surface area (Å²) in [5, 5.41) is 8.03. The first-order valence-corrected chi connectivity index (χ1v) is 7.81. The average molecular weight is 273 g/mol. The third kappa shape index (κ3) is 3.92. The summed E-state index contributed by atoms with van der Waals surface area (Å²) < 4.78 is 0. The molecule has 1 nitrogen and oxygen atoms in total. The fraction of sp³-hybridized carbons (Fsp3) is 0.412. The number of rotatable bonds is 5. The van der Waals surface area contributed by atoms with Crippen LogP contribution in [0.25, 0.3) is 0 Å². The third-order valence-corrected chi connectivity index (χ3v) is 4.32. The molecule has 0 aliphatic heterocycles. The molecule has 0 amide bonds. The Morgan fingerprint density at radius 1 is 1.16 bits per heavy atom. The van der Waals surface area contributed by atoms with Crippen molar-refractivity contribution in [1.29, 1.82) is 0 Å². The van der Waals surface area contributed by atoms with E-state index in [1.54, 1.807) is 11.3 Å². The van der Waals surface area contributed by atoms with E-state index in [1.807, 2.05) is 0 Å². The molecule has 102 valence electrons. The quantitative estimate of drug-likeness (QED) is 0.851. The van der Waals surface area contributed by atoms with Crippen molar-refractivity contribution in [2.45, 2.75) is 46.7 Å². The van der Waals surface area contributed by atoms with Gasteiger partial charge in [-0.15, -0.1) is 0 Å². The zero-order valence-electron chi connectivity index (χ0n) is 12.3. The van der Waals surface area contributed by atoms with Crippen LogP contribution in [0.3, 0.4) is 0 Å². The first-order chi connectivity index (χ1) is 9.06. The highest BCUT2D eigenvalue weighted by molar-refractivity contribution is 7.07. The van der Waals surface area contributed by atoms with Crippen molar-refractivity contribution >= 4 is 11.3 Å². The zero-order chi connectivity index (χ0) is 13.8. The van der Waals surface area contributed by atoms with Crippen LogP contribution in [-0.2, 0) is 13.0 Å². The van der Waals surface area contributed by atoms with Gasteiger partial charge in [0.1, 0.15) is 0 Å². The van der Waals surface area contributed by atoms with E-state index in [0.29, 0.717) is 6.04 Å². The molecule has 0 saturated carbocycles. The summed E-state index contributed by atoms with van der Waals surface area (Å²) in [5.74, 6) is 0. The molecule has 19 heavy (non-hydrogen) atoms. The summed E-state index contributed by atoms with van der Waals surface area (Å²) in [7, 11) is 0. The third-order valence-electron chi connectivity index (χ3n) is 3.59. The molecule has 2 aromatic rings. The van der Waals surface area contributed by atoms with Crippen molar-refractivity contribution < 1.29 is 0 Å². The van der Waals surface area contributed by atoms with Crippen LogP contribution < -0.4 is 5.32 Å². The van der Waals surface area contributed by atoms with E-state index in [4.69, 9.17) is 0 Å². The number of benzene rings is 1. The largest absolute Gasteiger partial charge is 0.310 e. The van der Waals surface area contributed by atoms with Crippen molar-refractivity contribution in [1.82, 2.24) is 5.32 Å². The number of thiophene rings is 1. The van der Waals surface area contributed by atoms with E-state index in [9.17, 15) is 0 Å². The van der Waals surface area contributed by atoms with Crippen LogP contribution >= 0.6 is 11.3 Å². The van der Waals surface area contributed by atoms with E-state index < -0.39 is 0 Å². The molecule has 0 fully saturated rings. The van der Waals surface area contributed by atoms with E-state index >= 15 is 0 Å². The molecule has 1 heterocycles. The van der Waals surface area contributed by atoms with Gasteiger partial charge in [0.2, 0.25) is 0 Å². The maximum Gasteiger partial charge on any atom is 0.0213 e. The molecule has 1 atom stereocenters. The second-order valence-corrected chi connectivity index (χ2v) is 6.27. The minimum atomic E-state index is 0.509. The molecule has 0 saturated heterocycles. The Morgan fingerprint density at radius 2 is 1.84 bits per heavy atom. The van der Waals surface area contributed by atoms with Crippen molar-refractivity contribution in [3.05, 3.63) is 56.8 Å². The average Bonchev–Trinajstić information content (AvgIpc) is 2.80. The minimum Gasteiger partial charge on any atom is -0.310 e. The van der Waals surface area contributed by atoms with Crippen LogP contribution in [0.4, 0.5) is 0 Å². The van der Waals surface area contributed by atoms with Crippen LogP contribution in [0.2, 0.25) is 0 Å². The molecule has 0 aliphatic carbocycles. The predicted molar refractivity (Wildman–Crippen MR) is 85.0 cm³/mol. The Bertz CT molecular complexity index is 505. The van der Waals surface area contributed by atoms with Gasteiger partial charge in [-0.05, 0) is 73.2 Å². The van der Waals surface area contributed by atoms with Gasteiger partial charge in [-0.25, -0.2) is 0 Å². The van der Waals surface area contributed by atoms with Gasteiger partial charge in [0.05, 0.1) is 0 Å². The number of nitrogens with one attached hydrogen (secondary N) is 1. The summed E-state index contributed by atoms with van der Waals surface area (Å²) in [6.45, 7) is 9.80. The van der Waals surface area contributed by atoms with Crippen LogP contribution in [-0.4, -0.2) is 6.04 Å². The van der Waals surface area contributed by atoms with Crippen molar-refractivity contribution in [3.63, 3.8) is 0 Å². The highest BCUT2D eigenvalue weighted by Gasteiger charge is 2.07. The Morgan fingerprint density at radius 3 is 2.42 bits per heavy atom. The molecule has 0 bridgehead atoms. The number of hydrogen-bond acceptors (Lipinski definition) is 2. The summed E-state index contributed by atoms with van der Waals surface area (Å²) in [5.41, 5.74) is 7.02. The molecule has 1 aromatic carbocycles. The van der Waals surface area contributed by atoms with E-state index in [-0.39, 0.29) is 0 Å². The van der Waals surface area contributed by atoms with E-state index in [2.05, 4.69) is 62.0 Å². The van der Waals surface area contributed by atoms with Crippen molar-refractivity contribution in [2.75, 3.05) is 0 Å². The molecule has 1 aromatic heterocycles. The first kappa shape index (κ1) is 14.3. The van der Waals surface area contributed by atoms with Gasteiger partial charge < -0.3 is 5.32 Å². The Kier molecular flexibility index (Phi) is 4.78. The second-order valence-electron chi connectivity index (χ2n) is 5.49. The zero-order valence-corrected chi connectivity index (χ0v) is 13.1. The monoisotopic (exact) mass is 273 g/mol. The lowest BCUT2D eigenvalue weighted by molar-refractivity contribution is 0.544. The van der Waals surface area contributed by atoms with Crippen LogP contribution in [0.5, 0.6) is 0 Å². The lowest BCUT2D eigenvalue weighted by Crippen LogP contribution is -2.28.